The van der Waals surface area contributed by atoms with Gasteiger partial charge in [0, 0.05) is 13.8 Å². The summed E-state index contributed by atoms with van der Waals surface area (Å²) in [5.74, 6) is -5.01. The number of esters is 2. The van der Waals surface area contributed by atoms with Gasteiger partial charge in [-0.25, -0.2) is 9.29 Å². The molecule has 0 N–H and O–H groups in total. The van der Waals surface area contributed by atoms with Crippen LogP contribution < -0.4 is 4.90 Å². The molecular weight excluding hydrogens is 373 g/mol. The Balaban J connectivity index is 1.74. The Labute approximate surface area is 158 Å². The zero-order valence-corrected chi connectivity index (χ0v) is 15.0. The molecule has 0 aromatic heterocycles. The minimum absolute atomic E-state index is 0.219. The van der Waals surface area contributed by atoms with E-state index in [0.29, 0.717) is 0 Å². The van der Waals surface area contributed by atoms with Gasteiger partial charge in [0.2, 0.25) is 11.8 Å². The number of nitrogens with zero attached hydrogens (tertiary/aromatic N) is 1. The van der Waals surface area contributed by atoms with Crippen molar-refractivity contribution in [1.29, 1.82) is 0 Å². The number of hydrogen-bond donors (Lipinski definition) is 0. The third-order valence-electron chi connectivity index (χ3n) is 5.08. The predicted octanol–water partition coefficient (Wildman–Crippen LogP) is 1.09. The van der Waals surface area contributed by atoms with Crippen LogP contribution in [0.5, 0.6) is 0 Å². The Bertz CT molecular complexity index is 895. The molecule has 3 aliphatic rings. The van der Waals surface area contributed by atoms with E-state index in [1.54, 1.807) is 6.08 Å². The fraction of sp³-hybridized carbons (Fsp3) is 0.368. The molecule has 2 fully saturated rings. The van der Waals surface area contributed by atoms with Gasteiger partial charge in [-0.15, -0.1) is 0 Å². The first-order valence-electron chi connectivity index (χ1n) is 8.59. The Hall–Kier alpha value is -3.07. The summed E-state index contributed by atoms with van der Waals surface area (Å²) in [5.41, 5.74) is -1.38. The van der Waals surface area contributed by atoms with Crippen molar-refractivity contribution in [3.63, 3.8) is 0 Å². The summed E-state index contributed by atoms with van der Waals surface area (Å²) in [4.78, 5) is 50.2. The second-order valence-corrected chi connectivity index (χ2v) is 6.84. The summed E-state index contributed by atoms with van der Waals surface area (Å²) in [6.07, 6.45) is 0.819. The number of fused-ring (bicyclic) bond motifs is 5. The highest BCUT2D eigenvalue weighted by Crippen LogP contribution is 2.54. The van der Waals surface area contributed by atoms with Crippen LogP contribution in [0.15, 0.2) is 36.4 Å². The molecule has 3 heterocycles. The van der Waals surface area contributed by atoms with E-state index in [2.05, 4.69) is 0 Å². The van der Waals surface area contributed by atoms with Crippen molar-refractivity contribution in [2.45, 2.75) is 31.8 Å². The smallest absolute Gasteiger partial charge is 0.305 e. The number of ether oxygens (including phenoxy) is 3. The van der Waals surface area contributed by atoms with Gasteiger partial charge < -0.3 is 14.2 Å². The van der Waals surface area contributed by atoms with Gasteiger partial charge in [0.25, 0.3) is 6.29 Å². The molecule has 0 unspecified atom stereocenters. The second-order valence-electron chi connectivity index (χ2n) is 6.84. The summed E-state index contributed by atoms with van der Waals surface area (Å²) in [5, 5.41) is 0. The minimum atomic E-state index is -1.60. The fourth-order valence-corrected chi connectivity index (χ4v) is 4.06. The molecule has 4 atom stereocenters. The van der Waals surface area contributed by atoms with Crippen LogP contribution in [0.3, 0.4) is 0 Å². The van der Waals surface area contributed by atoms with Gasteiger partial charge in [0.1, 0.15) is 5.82 Å². The van der Waals surface area contributed by atoms with Crippen molar-refractivity contribution in [1.82, 2.24) is 0 Å². The number of carbonyl (C=O) groups excluding carboxylic acids is 4. The van der Waals surface area contributed by atoms with Crippen molar-refractivity contribution in [3.8, 4) is 0 Å². The largest absolute Gasteiger partial charge is 0.422 e. The van der Waals surface area contributed by atoms with Gasteiger partial charge >= 0.3 is 11.9 Å². The van der Waals surface area contributed by atoms with Crippen LogP contribution in [-0.2, 0) is 33.4 Å². The van der Waals surface area contributed by atoms with Crippen molar-refractivity contribution < 1.29 is 37.8 Å². The molecule has 8 nitrogen and oxygen atoms in total. The van der Waals surface area contributed by atoms with Crippen LogP contribution in [0.1, 0.15) is 13.8 Å². The third-order valence-corrected chi connectivity index (χ3v) is 5.08. The highest BCUT2D eigenvalue weighted by molar-refractivity contribution is 6.23. The van der Waals surface area contributed by atoms with Crippen LogP contribution >= 0.6 is 0 Å². The number of imide groups is 1. The van der Waals surface area contributed by atoms with E-state index in [1.807, 2.05) is 0 Å². The molecule has 2 bridgehead atoms. The molecule has 0 spiro atoms. The van der Waals surface area contributed by atoms with Crippen molar-refractivity contribution in [2.75, 3.05) is 4.90 Å². The lowest BCUT2D eigenvalue weighted by molar-refractivity contribution is -0.226. The van der Waals surface area contributed by atoms with E-state index in [0.717, 1.165) is 30.9 Å². The van der Waals surface area contributed by atoms with E-state index < -0.39 is 59.4 Å². The monoisotopic (exact) mass is 389 g/mol. The Morgan fingerprint density at radius 2 is 1.71 bits per heavy atom. The SMILES string of the molecule is CC(=O)OC(OC(C)=O)[C@@]12C=C[C@H](O1)[C@@H]1C(=O)N(c3ccc(F)cc3)C(=O)[C@@H]12. The molecule has 4 rings (SSSR count). The van der Waals surface area contributed by atoms with Gasteiger partial charge in [-0.05, 0) is 30.3 Å². The number of rotatable bonds is 4. The number of amides is 2. The molecule has 2 amide bonds. The van der Waals surface area contributed by atoms with Crippen molar-refractivity contribution >= 4 is 29.4 Å². The molecule has 9 heteroatoms. The van der Waals surface area contributed by atoms with Gasteiger partial charge in [-0.2, -0.15) is 0 Å². The van der Waals surface area contributed by atoms with E-state index in [4.69, 9.17) is 14.2 Å². The van der Waals surface area contributed by atoms with Gasteiger partial charge in [-0.1, -0.05) is 6.08 Å². The van der Waals surface area contributed by atoms with Gasteiger partial charge in [0.15, 0.2) is 5.60 Å². The predicted molar refractivity (Wildman–Crippen MR) is 89.9 cm³/mol. The molecule has 146 valence electrons. The molecule has 0 saturated carbocycles. The molecule has 1 aromatic carbocycles. The van der Waals surface area contributed by atoms with Crippen LogP contribution in [0.4, 0.5) is 10.1 Å². The first-order valence-corrected chi connectivity index (χ1v) is 8.59. The van der Waals surface area contributed by atoms with Crippen LogP contribution in [0.25, 0.3) is 0 Å². The Kier molecular flexibility index (Phi) is 4.07. The molecule has 28 heavy (non-hydrogen) atoms. The van der Waals surface area contributed by atoms with Crippen molar-refractivity contribution in [3.05, 3.63) is 42.2 Å². The first-order chi connectivity index (χ1) is 13.2. The van der Waals surface area contributed by atoms with Gasteiger partial charge in [0.05, 0.1) is 23.6 Å². The number of halogens is 1. The maximum Gasteiger partial charge on any atom is 0.305 e. The molecule has 0 radical (unpaired) electrons. The topological polar surface area (TPSA) is 99.2 Å². The lowest BCUT2D eigenvalue weighted by atomic mass is 9.76. The third kappa shape index (κ3) is 2.54. The number of hydrogen-bond acceptors (Lipinski definition) is 7. The minimum Gasteiger partial charge on any atom is -0.422 e. The maximum absolute atomic E-state index is 13.2. The van der Waals surface area contributed by atoms with Crippen LogP contribution in [0.2, 0.25) is 0 Å². The van der Waals surface area contributed by atoms with E-state index >= 15 is 0 Å². The molecule has 1 aromatic rings. The van der Waals surface area contributed by atoms with Gasteiger partial charge in [-0.3, -0.25) is 19.2 Å². The zero-order chi connectivity index (χ0) is 20.2. The number of carbonyl (C=O) groups is 4. The van der Waals surface area contributed by atoms with E-state index in [1.165, 1.54) is 18.2 Å². The van der Waals surface area contributed by atoms with E-state index in [9.17, 15) is 23.6 Å². The number of benzene rings is 1. The van der Waals surface area contributed by atoms with Crippen LogP contribution in [-0.4, -0.2) is 41.7 Å². The highest BCUT2D eigenvalue weighted by Gasteiger charge is 2.72. The Morgan fingerprint density at radius 1 is 1.11 bits per heavy atom. The zero-order valence-electron chi connectivity index (χ0n) is 15.0. The lowest BCUT2D eigenvalue weighted by Crippen LogP contribution is -2.52. The standard InChI is InChI=1S/C19H16FNO7/c1-9(22)26-18(27-10(2)23)19-8-7-13(28-19)14-15(19)17(25)21(16(14)24)12-5-3-11(20)4-6-12/h3-8,13-15,18H,1-2H3/t13-,14-,15+,19-/m0/s1. The number of anilines is 1. The summed E-state index contributed by atoms with van der Waals surface area (Å²) >= 11 is 0. The lowest BCUT2D eigenvalue weighted by Gasteiger charge is -2.34. The normalized spacial score (nSPS) is 30.1. The summed E-state index contributed by atoms with van der Waals surface area (Å²) in [6, 6.07) is 4.93. The maximum atomic E-state index is 13.2. The summed E-state index contributed by atoms with van der Waals surface area (Å²) in [6.45, 7) is 2.25. The Morgan fingerprint density at radius 3 is 2.29 bits per heavy atom. The molecule has 0 aliphatic carbocycles. The summed E-state index contributed by atoms with van der Waals surface area (Å²) in [7, 11) is 0. The molecular formula is C19H16FNO7. The first kappa shape index (κ1) is 18.3. The average Bonchev–Trinajstić information content (AvgIpc) is 3.26. The van der Waals surface area contributed by atoms with Crippen LogP contribution in [0, 0.1) is 17.7 Å². The summed E-state index contributed by atoms with van der Waals surface area (Å²) < 4.78 is 29.3. The van der Waals surface area contributed by atoms with E-state index in [-0.39, 0.29) is 5.69 Å². The second kappa shape index (κ2) is 6.23. The fourth-order valence-electron chi connectivity index (χ4n) is 4.06. The van der Waals surface area contributed by atoms with Crippen molar-refractivity contribution in [2.24, 2.45) is 11.8 Å². The quantitative estimate of drug-likeness (QED) is 0.329. The molecule has 3 aliphatic heterocycles. The average molecular weight is 389 g/mol. The highest BCUT2D eigenvalue weighted by atomic mass is 19.1. The molecule has 2 saturated heterocycles.